The number of nitrogens with one attached hydrogen (secondary N) is 1. The fourth-order valence-corrected chi connectivity index (χ4v) is 5.80. The van der Waals surface area contributed by atoms with Gasteiger partial charge in [0.1, 0.15) is 11.6 Å². The molecule has 32 heavy (non-hydrogen) atoms. The lowest BCUT2D eigenvalue weighted by atomic mass is 9.93. The first-order valence-corrected chi connectivity index (χ1v) is 13.2. The van der Waals surface area contributed by atoms with Gasteiger partial charge in [-0.1, -0.05) is 57.5 Å². The summed E-state index contributed by atoms with van der Waals surface area (Å²) in [4.78, 5) is 2.54. The van der Waals surface area contributed by atoms with Gasteiger partial charge in [-0.15, -0.1) is 9.24 Å². The van der Waals surface area contributed by atoms with Crippen LogP contribution in [0.1, 0.15) is 76.0 Å². The molecule has 2 aromatic carbocycles. The van der Waals surface area contributed by atoms with Gasteiger partial charge in [0.15, 0.2) is 0 Å². The molecule has 2 aliphatic rings. The molecule has 1 unspecified atom stereocenters. The second kappa shape index (κ2) is 10.3. The van der Waals surface area contributed by atoms with Crippen LogP contribution in [0.15, 0.2) is 47.8 Å². The number of anilines is 2. The normalized spacial score (nSPS) is 19.1. The van der Waals surface area contributed by atoms with Gasteiger partial charge >= 0.3 is 0 Å². The van der Waals surface area contributed by atoms with Gasteiger partial charge in [-0.25, -0.2) is 0 Å². The van der Waals surface area contributed by atoms with E-state index in [2.05, 4.69) is 70.6 Å². The van der Waals surface area contributed by atoms with Crippen LogP contribution in [0.3, 0.4) is 0 Å². The topological polar surface area (TPSA) is 35.5 Å². The number of rotatable bonds is 7. The summed E-state index contributed by atoms with van der Waals surface area (Å²) in [6, 6.07) is 13.2. The van der Waals surface area contributed by atoms with Gasteiger partial charge in [0.2, 0.25) is 0 Å². The Balaban J connectivity index is 1.82. The molecule has 4 rings (SSSR count). The SMILES string of the molecule is CCCc1c(O)cc2c(c1CC)NC(=C1CCC(P)CC1)N2[C@@H](CC)Cc1ccccc1. The molecule has 2 aromatic rings. The van der Waals surface area contributed by atoms with Gasteiger partial charge in [-0.2, -0.15) is 0 Å². The van der Waals surface area contributed by atoms with Crippen molar-refractivity contribution in [3.8, 4) is 5.75 Å². The highest BCUT2D eigenvalue weighted by atomic mass is 31.0. The van der Waals surface area contributed by atoms with Crippen molar-refractivity contribution in [1.82, 2.24) is 0 Å². The van der Waals surface area contributed by atoms with Gasteiger partial charge in [-0.05, 0) is 79.3 Å². The van der Waals surface area contributed by atoms with E-state index in [1.165, 1.54) is 35.5 Å². The first-order chi connectivity index (χ1) is 15.6. The van der Waals surface area contributed by atoms with Crippen LogP contribution in [-0.2, 0) is 19.3 Å². The largest absolute Gasteiger partial charge is 0.508 e. The Hall–Kier alpha value is -1.99. The van der Waals surface area contributed by atoms with E-state index in [1.807, 2.05) is 6.07 Å². The monoisotopic (exact) mass is 450 g/mol. The van der Waals surface area contributed by atoms with Crippen molar-refractivity contribution in [2.75, 3.05) is 10.2 Å². The molecule has 0 radical (unpaired) electrons. The zero-order valence-corrected chi connectivity index (χ0v) is 21.1. The molecule has 0 aromatic heterocycles. The van der Waals surface area contributed by atoms with Crippen LogP contribution in [0.25, 0.3) is 0 Å². The van der Waals surface area contributed by atoms with E-state index in [-0.39, 0.29) is 0 Å². The molecular formula is C28H39N2OP. The summed E-state index contributed by atoms with van der Waals surface area (Å²) in [5.74, 6) is 1.76. The molecule has 1 aliphatic heterocycles. The van der Waals surface area contributed by atoms with Crippen LogP contribution in [0.4, 0.5) is 11.4 Å². The number of benzene rings is 2. The van der Waals surface area contributed by atoms with E-state index in [0.717, 1.165) is 61.9 Å². The molecule has 3 nitrogen and oxygen atoms in total. The van der Waals surface area contributed by atoms with E-state index in [0.29, 0.717) is 11.8 Å². The van der Waals surface area contributed by atoms with Crippen molar-refractivity contribution in [2.24, 2.45) is 0 Å². The lowest BCUT2D eigenvalue weighted by molar-refractivity contribution is 0.466. The molecule has 2 atom stereocenters. The Morgan fingerprint density at radius 3 is 2.44 bits per heavy atom. The fourth-order valence-electron chi connectivity index (χ4n) is 5.46. The van der Waals surface area contributed by atoms with Crippen molar-refractivity contribution in [3.05, 3.63) is 64.5 Å². The summed E-state index contributed by atoms with van der Waals surface area (Å²) in [6.45, 7) is 6.69. The number of hydrogen-bond acceptors (Lipinski definition) is 3. The summed E-state index contributed by atoms with van der Waals surface area (Å²) >= 11 is 0. The third kappa shape index (κ3) is 4.55. The Morgan fingerprint density at radius 1 is 1.09 bits per heavy atom. The Morgan fingerprint density at radius 2 is 1.81 bits per heavy atom. The second-order valence-corrected chi connectivity index (χ2v) is 10.3. The van der Waals surface area contributed by atoms with Crippen molar-refractivity contribution < 1.29 is 5.11 Å². The second-order valence-electron chi connectivity index (χ2n) is 9.39. The number of nitrogens with zero attached hydrogens (tertiary/aromatic N) is 1. The minimum atomic E-state index is 0.350. The zero-order chi connectivity index (χ0) is 22.7. The minimum Gasteiger partial charge on any atom is -0.508 e. The van der Waals surface area contributed by atoms with Gasteiger partial charge in [0.25, 0.3) is 0 Å². The summed E-state index contributed by atoms with van der Waals surface area (Å²) in [5, 5.41) is 14.9. The molecule has 2 N–H and O–H groups in total. The number of hydrogen-bond donors (Lipinski definition) is 2. The number of phenols is 1. The van der Waals surface area contributed by atoms with Crippen LogP contribution >= 0.6 is 9.24 Å². The van der Waals surface area contributed by atoms with E-state index < -0.39 is 0 Å². The standard InChI is InChI=1S/C28H39N2OP/c1-4-10-24-23(6-3)27-25(18-26(24)31)30(21(5-2)17-19-11-8-7-9-12-19)28(29-27)20-13-15-22(32)16-14-20/h7-9,11-12,18,21-22,29,31H,4-6,10,13-17,32H2,1-3H3/t21-,22?/m0/s1. The summed E-state index contributed by atoms with van der Waals surface area (Å²) in [6.07, 6.45) is 9.72. The quantitative estimate of drug-likeness (QED) is 0.346. The van der Waals surface area contributed by atoms with Gasteiger partial charge in [0, 0.05) is 12.1 Å². The maximum absolute atomic E-state index is 11.0. The third-order valence-corrected chi connectivity index (χ3v) is 7.89. The molecular weight excluding hydrogens is 411 g/mol. The number of allylic oxidation sites excluding steroid dienone is 1. The van der Waals surface area contributed by atoms with Crippen molar-refractivity contribution in [1.29, 1.82) is 0 Å². The zero-order valence-electron chi connectivity index (χ0n) is 20.0. The molecule has 0 amide bonds. The van der Waals surface area contributed by atoms with Crippen molar-refractivity contribution >= 4 is 20.6 Å². The number of fused-ring (bicyclic) bond motifs is 1. The van der Waals surface area contributed by atoms with E-state index in [9.17, 15) is 5.11 Å². The average molecular weight is 451 g/mol. The maximum Gasteiger partial charge on any atom is 0.121 e. The van der Waals surface area contributed by atoms with Crippen LogP contribution in [0.5, 0.6) is 5.75 Å². The highest BCUT2D eigenvalue weighted by molar-refractivity contribution is 7.17. The van der Waals surface area contributed by atoms with Gasteiger partial charge < -0.3 is 15.3 Å². The highest BCUT2D eigenvalue weighted by Gasteiger charge is 2.35. The first-order valence-electron chi connectivity index (χ1n) is 12.5. The highest BCUT2D eigenvalue weighted by Crippen LogP contribution is 2.48. The number of phenolic OH excluding ortho intramolecular Hbond substituents is 1. The summed E-state index contributed by atoms with van der Waals surface area (Å²) in [7, 11) is 3.02. The van der Waals surface area contributed by atoms with E-state index in [4.69, 9.17) is 0 Å². The molecule has 1 aliphatic carbocycles. The smallest absolute Gasteiger partial charge is 0.121 e. The van der Waals surface area contributed by atoms with Gasteiger partial charge in [0.05, 0.1) is 11.4 Å². The molecule has 0 bridgehead atoms. The van der Waals surface area contributed by atoms with Crippen LogP contribution in [-0.4, -0.2) is 16.8 Å². The molecule has 1 saturated carbocycles. The minimum absolute atomic E-state index is 0.350. The average Bonchev–Trinajstić information content (AvgIpc) is 3.18. The van der Waals surface area contributed by atoms with E-state index in [1.54, 1.807) is 5.57 Å². The van der Waals surface area contributed by atoms with Crippen LogP contribution in [0, 0.1) is 0 Å². The Kier molecular flexibility index (Phi) is 7.46. The van der Waals surface area contributed by atoms with Crippen molar-refractivity contribution in [3.63, 3.8) is 0 Å². The molecule has 172 valence electrons. The Bertz CT molecular complexity index is 959. The van der Waals surface area contributed by atoms with Crippen LogP contribution in [0.2, 0.25) is 0 Å². The van der Waals surface area contributed by atoms with Crippen molar-refractivity contribution in [2.45, 2.75) is 90.3 Å². The molecule has 4 heteroatoms. The lowest BCUT2D eigenvalue weighted by Gasteiger charge is -2.33. The molecule has 1 heterocycles. The summed E-state index contributed by atoms with van der Waals surface area (Å²) in [5.41, 5.74) is 8.45. The first kappa shape index (κ1) is 23.2. The predicted octanol–water partition coefficient (Wildman–Crippen LogP) is 7.19. The number of aromatic hydroxyl groups is 1. The van der Waals surface area contributed by atoms with E-state index >= 15 is 0 Å². The summed E-state index contributed by atoms with van der Waals surface area (Å²) < 4.78 is 0. The lowest BCUT2D eigenvalue weighted by Crippen LogP contribution is -2.36. The molecule has 0 saturated heterocycles. The molecule has 1 fully saturated rings. The fraction of sp³-hybridized carbons (Fsp3) is 0.500. The van der Waals surface area contributed by atoms with Gasteiger partial charge in [-0.3, -0.25) is 0 Å². The third-order valence-electron chi connectivity index (χ3n) is 7.22. The van der Waals surface area contributed by atoms with Crippen LogP contribution < -0.4 is 10.2 Å². The maximum atomic E-state index is 11.0. The molecule has 0 spiro atoms. The predicted molar refractivity (Wildman–Crippen MR) is 141 cm³/mol. The Labute approximate surface area is 196 Å².